The van der Waals surface area contributed by atoms with Gasteiger partial charge in [0, 0.05) is 31.1 Å². The summed E-state index contributed by atoms with van der Waals surface area (Å²) in [6.45, 7) is 7.25. The molecule has 5 aliphatic rings. The third-order valence-corrected chi connectivity index (χ3v) is 7.42. The highest BCUT2D eigenvalue weighted by Gasteiger charge is 2.53. The van der Waals surface area contributed by atoms with Crippen molar-refractivity contribution in [3.8, 4) is 11.5 Å². The van der Waals surface area contributed by atoms with Crippen LogP contribution in [0.1, 0.15) is 35.4 Å². The quantitative estimate of drug-likeness (QED) is 0.814. The van der Waals surface area contributed by atoms with Gasteiger partial charge in [-0.3, -0.25) is 9.80 Å². The lowest BCUT2D eigenvalue weighted by Gasteiger charge is -2.51. The van der Waals surface area contributed by atoms with Crippen molar-refractivity contribution in [2.75, 3.05) is 26.4 Å². The molecular weight excluding hydrogens is 348 g/mol. The van der Waals surface area contributed by atoms with Crippen molar-refractivity contribution < 1.29 is 9.47 Å². The number of nitrogens with zero attached hydrogens (tertiary/aromatic N) is 2. The van der Waals surface area contributed by atoms with E-state index in [0.29, 0.717) is 24.8 Å². The predicted octanol–water partition coefficient (Wildman–Crippen LogP) is 3.79. The number of hydrogen-bond donors (Lipinski definition) is 0. The van der Waals surface area contributed by atoms with Gasteiger partial charge in [0.1, 0.15) is 0 Å². The number of rotatable bonds is 3. The lowest BCUT2D eigenvalue weighted by atomic mass is 9.75. The van der Waals surface area contributed by atoms with Gasteiger partial charge in [0.2, 0.25) is 6.79 Å². The van der Waals surface area contributed by atoms with E-state index in [1.807, 2.05) is 0 Å². The van der Waals surface area contributed by atoms with Crippen LogP contribution < -0.4 is 9.47 Å². The van der Waals surface area contributed by atoms with Crippen LogP contribution in [0.25, 0.3) is 0 Å². The van der Waals surface area contributed by atoms with Crippen LogP contribution in [0.4, 0.5) is 0 Å². The van der Waals surface area contributed by atoms with Crippen LogP contribution in [-0.2, 0) is 6.54 Å². The topological polar surface area (TPSA) is 24.9 Å². The lowest BCUT2D eigenvalue weighted by molar-refractivity contribution is -0.00869. The number of fused-ring (bicyclic) bond motifs is 3. The summed E-state index contributed by atoms with van der Waals surface area (Å²) < 4.78 is 11.2. The Labute approximate surface area is 167 Å². The number of hydrogen-bond acceptors (Lipinski definition) is 4. The molecule has 2 bridgehead atoms. The third kappa shape index (κ3) is 2.66. The largest absolute Gasteiger partial charge is 0.454 e. The van der Waals surface area contributed by atoms with Gasteiger partial charge in [-0.15, -0.1) is 0 Å². The number of ether oxygens (including phenoxy) is 2. The molecule has 0 spiro atoms. The molecule has 0 aliphatic carbocycles. The monoisotopic (exact) mass is 376 g/mol. The molecule has 4 fully saturated rings. The summed E-state index contributed by atoms with van der Waals surface area (Å²) in [6, 6.07) is 17.0. The number of likely N-dealkylation sites (tertiary alicyclic amines) is 1. The van der Waals surface area contributed by atoms with E-state index in [4.69, 9.17) is 9.47 Å². The van der Waals surface area contributed by atoms with Crippen LogP contribution in [0, 0.1) is 12.8 Å². The Balaban J connectivity index is 1.33. The van der Waals surface area contributed by atoms with Gasteiger partial charge in [-0.2, -0.15) is 0 Å². The molecule has 0 amide bonds. The summed E-state index contributed by atoms with van der Waals surface area (Å²) in [7, 11) is 0. The normalized spacial score (nSPS) is 33.2. The first kappa shape index (κ1) is 16.9. The number of benzene rings is 2. The minimum atomic E-state index is 0.350. The standard InChI is InChI=1S/C24H28N2O2/c1-16-2-4-17(5-3-16)13-26-14-20(19-6-7-21-22(12-19)28-15-27-21)24-23(26)18-8-10-25(24)11-9-18/h2-7,12,18,20,23-24H,8-11,13-15H2,1H3/t20-,23+,24+/m1/s1. The van der Waals surface area contributed by atoms with E-state index in [2.05, 4.69) is 59.2 Å². The highest BCUT2D eigenvalue weighted by Crippen LogP contribution is 2.48. The summed E-state index contributed by atoms with van der Waals surface area (Å²) in [5.74, 6) is 3.20. The second-order valence-electron chi connectivity index (χ2n) is 8.99. The van der Waals surface area contributed by atoms with Gasteiger partial charge in [0.15, 0.2) is 11.5 Å². The molecule has 3 atom stereocenters. The molecule has 2 aromatic rings. The van der Waals surface area contributed by atoms with Gasteiger partial charge in [-0.1, -0.05) is 35.9 Å². The van der Waals surface area contributed by atoms with Crippen LogP contribution in [0.2, 0.25) is 0 Å². The Hall–Kier alpha value is -2.04. The minimum Gasteiger partial charge on any atom is -0.454 e. The van der Waals surface area contributed by atoms with Crippen molar-refractivity contribution in [1.82, 2.24) is 9.80 Å². The number of piperidine rings is 3. The predicted molar refractivity (Wildman–Crippen MR) is 109 cm³/mol. The summed E-state index contributed by atoms with van der Waals surface area (Å²) in [5.41, 5.74) is 4.19. The first-order valence-corrected chi connectivity index (χ1v) is 10.7. The Morgan fingerprint density at radius 3 is 2.54 bits per heavy atom. The first-order chi connectivity index (χ1) is 13.8. The molecule has 28 heavy (non-hydrogen) atoms. The van der Waals surface area contributed by atoms with E-state index in [-0.39, 0.29) is 0 Å². The molecule has 0 radical (unpaired) electrons. The Morgan fingerprint density at radius 1 is 0.929 bits per heavy atom. The lowest BCUT2D eigenvalue weighted by Crippen LogP contribution is -2.59. The van der Waals surface area contributed by atoms with Crippen molar-refractivity contribution in [2.24, 2.45) is 5.92 Å². The van der Waals surface area contributed by atoms with Crippen molar-refractivity contribution in [3.63, 3.8) is 0 Å². The highest BCUT2D eigenvalue weighted by atomic mass is 16.7. The van der Waals surface area contributed by atoms with Gasteiger partial charge in [-0.25, -0.2) is 0 Å². The molecule has 5 heterocycles. The van der Waals surface area contributed by atoms with E-state index >= 15 is 0 Å². The zero-order chi connectivity index (χ0) is 18.7. The van der Waals surface area contributed by atoms with Gasteiger partial charge in [-0.05, 0) is 62.0 Å². The van der Waals surface area contributed by atoms with E-state index in [1.165, 1.54) is 42.6 Å². The molecule has 146 valence electrons. The summed E-state index contributed by atoms with van der Waals surface area (Å²) in [5, 5.41) is 0. The molecule has 7 rings (SSSR count). The average Bonchev–Trinajstić information content (AvgIpc) is 3.36. The van der Waals surface area contributed by atoms with Crippen LogP contribution in [0.15, 0.2) is 42.5 Å². The molecule has 0 N–H and O–H groups in total. The maximum atomic E-state index is 5.68. The molecule has 5 aliphatic heterocycles. The van der Waals surface area contributed by atoms with E-state index in [0.717, 1.165) is 30.5 Å². The van der Waals surface area contributed by atoms with E-state index in [9.17, 15) is 0 Å². The SMILES string of the molecule is Cc1ccc(CN2C[C@H](c3ccc4c(c3)OCO4)[C@H]3[C@@H]2C2CCN3CC2)cc1. The molecule has 4 saturated heterocycles. The maximum absolute atomic E-state index is 5.68. The van der Waals surface area contributed by atoms with Gasteiger partial charge < -0.3 is 9.47 Å². The average molecular weight is 377 g/mol. The fourth-order valence-electron chi connectivity index (χ4n) is 6.09. The molecule has 0 unspecified atom stereocenters. The smallest absolute Gasteiger partial charge is 0.231 e. The summed E-state index contributed by atoms with van der Waals surface area (Å²) >= 11 is 0. The van der Waals surface area contributed by atoms with E-state index in [1.54, 1.807) is 0 Å². The Kier molecular flexibility index (Phi) is 3.92. The second kappa shape index (κ2) is 6.50. The number of aryl methyl sites for hydroxylation is 1. The van der Waals surface area contributed by atoms with Crippen molar-refractivity contribution in [3.05, 3.63) is 59.2 Å². The summed E-state index contributed by atoms with van der Waals surface area (Å²) in [4.78, 5) is 5.55. The van der Waals surface area contributed by atoms with Crippen molar-refractivity contribution >= 4 is 0 Å². The molecule has 2 aromatic carbocycles. The second-order valence-corrected chi connectivity index (χ2v) is 8.99. The van der Waals surface area contributed by atoms with Gasteiger partial charge >= 0.3 is 0 Å². The van der Waals surface area contributed by atoms with Crippen LogP contribution in [0.5, 0.6) is 11.5 Å². The minimum absolute atomic E-state index is 0.350. The Morgan fingerprint density at radius 2 is 1.71 bits per heavy atom. The fourth-order valence-corrected chi connectivity index (χ4v) is 6.09. The van der Waals surface area contributed by atoms with Crippen molar-refractivity contribution in [2.45, 2.75) is 44.3 Å². The summed E-state index contributed by atoms with van der Waals surface area (Å²) in [6.07, 6.45) is 2.72. The van der Waals surface area contributed by atoms with Crippen molar-refractivity contribution in [1.29, 1.82) is 0 Å². The molecule has 0 aromatic heterocycles. The van der Waals surface area contributed by atoms with Gasteiger partial charge in [0.25, 0.3) is 0 Å². The van der Waals surface area contributed by atoms with E-state index < -0.39 is 0 Å². The first-order valence-electron chi connectivity index (χ1n) is 10.7. The van der Waals surface area contributed by atoms with Crippen LogP contribution in [0.3, 0.4) is 0 Å². The van der Waals surface area contributed by atoms with Crippen LogP contribution >= 0.6 is 0 Å². The molecule has 0 saturated carbocycles. The zero-order valence-electron chi connectivity index (χ0n) is 16.5. The maximum Gasteiger partial charge on any atom is 0.231 e. The Bertz CT molecular complexity index is 873. The third-order valence-electron chi connectivity index (χ3n) is 7.42. The molecular formula is C24H28N2O2. The van der Waals surface area contributed by atoms with Crippen LogP contribution in [-0.4, -0.2) is 48.3 Å². The molecule has 4 heteroatoms. The highest BCUT2D eigenvalue weighted by molar-refractivity contribution is 5.46. The zero-order valence-corrected chi connectivity index (χ0v) is 16.5. The fraction of sp³-hybridized carbons (Fsp3) is 0.500. The molecule has 4 nitrogen and oxygen atoms in total. The van der Waals surface area contributed by atoms with Gasteiger partial charge in [0.05, 0.1) is 0 Å².